The van der Waals surface area contributed by atoms with Crippen LogP contribution in [-0.4, -0.2) is 25.1 Å². The predicted molar refractivity (Wildman–Crippen MR) is 86.4 cm³/mol. The van der Waals surface area contributed by atoms with E-state index in [2.05, 4.69) is 10.3 Å². The molecule has 0 radical (unpaired) electrons. The van der Waals surface area contributed by atoms with Crippen molar-refractivity contribution in [2.24, 2.45) is 0 Å². The molecule has 0 aliphatic heterocycles. The molecule has 0 unspecified atom stereocenters. The van der Waals surface area contributed by atoms with E-state index >= 15 is 0 Å². The number of carbonyl (C=O) groups is 1. The Balaban J connectivity index is 2.41. The number of nitrogens with one attached hydrogen (secondary N) is 1. The molecule has 0 bridgehead atoms. The molecule has 0 saturated carbocycles. The molecule has 0 aliphatic rings. The van der Waals surface area contributed by atoms with Gasteiger partial charge in [0.25, 0.3) is 5.91 Å². The molecule has 1 aromatic carbocycles. The van der Waals surface area contributed by atoms with Gasteiger partial charge >= 0.3 is 6.18 Å². The van der Waals surface area contributed by atoms with Crippen LogP contribution in [0.2, 0.25) is 5.02 Å². The largest absolute Gasteiger partial charge is 0.433 e. The first-order chi connectivity index (χ1) is 11.5. The van der Waals surface area contributed by atoms with E-state index in [-0.39, 0.29) is 27.1 Å². The maximum absolute atomic E-state index is 12.7. The van der Waals surface area contributed by atoms with Crippen LogP contribution >= 0.6 is 11.6 Å². The minimum Gasteiger partial charge on any atom is -0.307 e. The number of halogens is 4. The number of hydrogen-bond donors (Lipinski definition) is 1. The Bertz CT molecular complexity index is 914. The number of benzene rings is 1. The first kappa shape index (κ1) is 19.2. The Morgan fingerprint density at radius 3 is 2.52 bits per heavy atom. The van der Waals surface area contributed by atoms with Crippen LogP contribution < -0.4 is 5.32 Å². The lowest BCUT2D eigenvalue weighted by molar-refractivity contribution is -0.141. The van der Waals surface area contributed by atoms with Crippen LogP contribution in [0.5, 0.6) is 0 Å². The zero-order chi connectivity index (χ0) is 18.8. The summed E-state index contributed by atoms with van der Waals surface area (Å²) >= 11 is 5.80. The maximum Gasteiger partial charge on any atom is 0.433 e. The second-order valence-corrected chi connectivity index (χ2v) is 7.59. The minimum absolute atomic E-state index is 0.109. The number of amides is 1. The van der Waals surface area contributed by atoms with Gasteiger partial charge < -0.3 is 5.32 Å². The molecule has 10 heteroatoms. The van der Waals surface area contributed by atoms with E-state index in [1.807, 2.05) is 0 Å². The van der Waals surface area contributed by atoms with Crippen molar-refractivity contribution < 1.29 is 26.4 Å². The number of hydrogen-bond acceptors (Lipinski definition) is 4. The van der Waals surface area contributed by atoms with Crippen molar-refractivity contribution in [1.82, 2.24) is 4.98 Å². The summed E-state index contributed by atoms with van der Waals surface area (Å²) in [5.74, 6) is -1.54. The zero-order valence-electron chi connectivity index (χ0n) is 12.8. The van der Waals surface area contributed by atoms with Gasteiger partial charge in [0.1, 0.15) is 11.5 Å². The molecule has 0 aliphatic carbocycles. The van der Waals surface area contributed by atoms with Crippen LogP contribution in [0.3, 0.4) is 0 Å². The number of alkyl halides is 3. The molecule has 2 aromatic rings. The average molecular weight is 393 g/mol. The smallest absolute Gasteiger partial charge is 0.307 e. The van der Waals surface area contributed by atoms with E-state index in [1.165, 1.54) is 19.1 Å². The Kier molecular flexibility index (Phi) is 5.38. The molecule has 1 heterocycles. The number of carbonyl (C=O) groups excluding carboxylic acids is 1. The van der Waals surface area contributed by atoms with Crippen molar-refractivity contribution >= 4 is 33.2 Å². The normalized spacial score (nSPS) is 12.0. The molecule has 0 saturated heterocycles. The van der Waals surface area contributed by atoms with Crippen molar-refractivity contribution in [1.29, 1.82) is 0 Å². The second-order valence-electron chi connectivity index (χ2n) is 4.90. The monoisotopic (exact) mass is 392 g/mol. The summed E-state index contributed by atoms with van der Waals surface area (Å²) in [6, 6.07) is 6.60. The summed E-state index contributed by atoms with van der Waals surface area (Å²) in [6.07, 6.45) is -4.67. The molecule has 1 aromatic heterocycles. The molecular formula is C15H12ClF3N2O3S. The first-order valence-electron chi connectivity index (χ1n) is 6.92. The van der Waals surface area contributed by atoms with E-state index in [1.54, 1.807) is 0 Å². The van der Waals surface area contributed by atoms with Crippen molar-refractivity contribution in [3.63, 3.8) is 0 Å². The van der Waals surface area contributed by atoms with Crippen LogP contribution in [0, 0.1) is 0 Å². The lowest BCUT2D eigenvalue weighted by atomic mass is 10.2. The molecule has 0 spiro atoms. The fraction of sp³-hybridized carbons (Fsp3) is 0.200. The fourth-order valence-corrected chi connectivity index (χ4v) is 3.20. The summed E-state index contributed by atoms with van der Waals surface area (Å²) in [5.41, 5.74) is -1.45. The molecule has 1 amide bonds. The highest BCUT2D eigenvalue weighted by Crippen LogP contribution is 2.28. The molecular weight excluding hydrogens is 381 g/mol. The topological polar surface area (TPSA) is 76.1 Å². The van der Waals surface area contributed by atoms with E-state index < -0.39 is 27.6 Å². The van der Waals surface area contributed by atoms with E-state index in [0.717, 1.165) is 24.3 Å². The van der Waals surface area contributed by atoms with Crippen LogP contribution in [-0.2, 0) is 16.0 Å². The van der Waals surface area contributed by atoms with Gasteiger partial charge in [0.15, 0.2) is 9.84 Å². The van der Waals surface area contributed by atoms with Gasteiger partial charge in [-0.3, -0.25) is 4.79 Å². The summed E-state index contributed by atoms with van der Waals surface area (Å²) in [7, 11) is -3.73. The minimum atomic E-state index is -4.67. The molecule has 5 nitrogen and oxygen atoms in total. The first-order valence-corrected chi connectivity index (χ1v) is 8.95. The summed E-state index contributed by atoms with van der Waals surface area (Å²) in [5, 5.41) is 2.27. The lowest BCUT2D eigenvalue weighted by Crippen LogP contribution is -2.19. The Labute approximate surface area is 146 Å². The zero-order valence-corrected chi connectivity index (χ0v) is 14.3. The van der Waals surface area contributed by atoms with Gasteiger partial charge in [-0.15, -0.1) is 0 Å². The van der Waals surface area contributed by atoms with Crippen LogP contribution in [0.1, 0.15) is 23.0 Å². The summed E-state index contributed by atoms with van der Waals surface area (Å²) in [6.45, 7) is 1.40. The third kappa shape index (κ3) is 4.49. The lowest BCUT2D eigenvalue weighted by Gasteiger charge is -2.11. The second kappa shape index (κ2) is 7.01. The number of rotatable bonds is 4. The SMILES string of the molecule is CCS(=O)(=O)c1ccc(Cl)cc1C(=O)Nc1cccc(C(F)(F)F)n1. The van der Waals surface area contributed by atoms with E-state index in [9.17, 15) is 26.4 Å². The van der Waals surface area contributed by atoms with Crippen molar-refractivity contribution in [2.45, 2.75) is 18.0 Å². The highest BCUT2D eigenvalue weighted by Gasteiger charge is 2.32. The van der Waals surface area contributed by atoms with Crippen LogP contribution in [0.15, 0.2) is 41.3 Å². The Morgan fingerprint density at radius 1 is 1.24 bits per heavy atom. The number of aromatic nitrogens is 1. The van der Waals surface area contributed by atoms with E-state index in [4.69, 9.17) is 11.6 Å². The predicted octanol–water partition coefficient (Wildman–Crippen LogP) is 3.80. The number of nitrogens with zero attached hydrogens (tertiary/aromatic N) is 1. The van der Waals surface area contributed by atoms with Gasteiger partial charge in [-0.25, -0.2) is 13.4 Å². The van der Waals surface area contributed by atoms with Gasteiger partial charge in [0.05, 0.1) is 16.2 Å². The van der Waals surface area contributed by atoms with Gasteiger partial charge in [-0.1, -0.05) is 24.6 Å². The molecule has 2 rings (SSSR count). The van der Waals surface area contributed by atoms with E-state index in [0.29, 0.717) is 0 Å². The Hall–Kier alpha value is -2.13. The van der Waals surface area contributed by atoms with Gasteiger partial charge in [0, 0.05) is 5.02 Å². The third-order valence-electron chi connectivity index (χ3n) is 3.18. The number of sulfone groups is 1. The average Bonchev–Trinajstić information content (AvgIpc) is 2.54. The van der Waals surface area contributed by atoms with Gasteiger partial charge in [-0.2, -0.15) is 13.2 Å². The van der Waals surface area contributed by atoms with Crippen molar-refractivity contribution in [2.75, 3.05) is 11.1 Å². The van der Waals surface area contributed by atoms with Crippen LogP contribution in [0.4, 0.5) is 19.0 Å². The fourth-order valence-electron chi connectivity index (χ4n) is 1.95. The summed E-state index contributed by atoms with van der Waals surface area (Å²) < 4.78 is 62.2. The molecule has 1 N–H and O–H groups in total. The molecule has 0 atom stereocenters. The van der Waals surface area contributed by atoms with Crippen LogP contribution in [0.25, 0.3) is 0 Å². The number of anilines is 1. The van der Waals surface area contributed by atoms with Gasteiger partial charge in [0.2, 0.25) is 0 Å². The third-order valence-corrected chi connectivity index (χ3v) is 5.20. The molecule has 134 valence electrons. The standard InChI is InChI=1S/C15H12ClF3N2O3S/c1-2-25(23,24)11-7-6-9(16)8-10(11)14(22)21-13-5-3-4-12(20-13)15(17,18)19/h3-8H,2H2,1H3,(H,20,21,22). The molecule has 25 heavy (non-hydrogen) atoms. The quantitative estimate of drug-likeness (QED) is 0.858. The summed E-state index contributed by atoms with van der Waals surface area (Å²) in [4.78, 5) is 15.4. The van der Waals surface area contributed by atoms with Gasteiger partial charge in [-0.05, 0) is 30.3 Å². The van der Waals surface area contributed by atoms with Crippen molar-refractivity contribution in [3.05, 3.63) is 52.7 Å². The maximum atomic E-state index is 12.7. The molecule has 0 fully saturated rings. The Morgan fingerprint density at radius 2 is 1.92 bits per heavy atom. The highest BCUT2D eigenvalue weighted by atomic mass is 35.5. The highest BCUT2D eigenvalue weighted by molar-refractivity contribution is 7.91. The number of pyridine rings is 1. The van der Waals surface area contributed by atoms with Crippen molar-refractivity contribution in [3.8, 4) is 0 Å².